The molecule has 1 amide bonds. The molecule has 0 bridgehead atoms. The summed E-state index contributed by atoms with van der Waals surface area (Å²) in [4.78, 5) is 22.5. The van der Waals surface area contributed by atoms with Crippen LogP contribution in [-0.2, 0) is 20.9 Å². The topological polar surface area (TPSA) is 110 Å². The quantitative estimate of drug-likeness (QED) is 0.0518. The Kier molecular flexibility index (Phi) is 13.9. The highest BCUT2D eigenvalue weighted by Gasteiger charge is 2.66. The van der Waals surface area contributed by atoms with Crippen molar-refractivity contribution in [3.05, 3.63) is 138 Å². The third kappa shape index (κ3) is 9.24. The van der Waals surface area contributed by atoms with Crippen LogP contribution < -0.4 is 9.47 Å². The number of oxime groups is 1. The van der Waals surface area contributed by atoms with Crippen LogP contribution in [0.5, 0.6) is 17.2 Å². The summed E-state index contributed by atoms with van der Waals surface area (Å²) in [5.41, 5.74) is 5.72. The fourth-order valence-electron chi connectivity index (χ4n) is 10.0. The van der Waals surface area contributed by atoms with Crippen LogP contribution in [0.4, 0.5) is 4.39 Å². The molecule has 6 unspecified atom stereocenters. The van der Waals surface area contributed by atoms with Crippen molar-refractivity contribution in [2.75, 3.05) is 26.4 Å². The second kappa shape index (κ2) is 19.8. The van der Waals surface area contributed by atoms with Crippen molar-refractivity contribution in [3.63, 3.8) is 0 Å². The van der Waals surface area contributed by atoms with Gasteiger partial charge in [0.05, 0.1) is 18.2 Å². The molecular weight excluding hydrogens is 784 g/mol. The molecule has 0 aromatic heterocycles. The summed E-state index contributed by atoms with van der Waals surface area (Å²) in [5.74, 6) is -0.284. The molecule has 10 heteroatoms. The summed E-state index contributed by atoms with van der Waals surface area (Å²) in [7, 11) is 0. The fourth-order valence-corrected chi connectivity index (χ4v) is 10.0. The number of carbonyl (C=O) groups excluding carboxylic acids is 1. The van der Waals surface area contributed by atoms with Crippen LogP contribution in [0.15, 0.2) is 127 Å². The van der Waals surface area contributed by atoms with Crippen LogP contribution in [0.25, 0.3) is 11.1 Å². The van der Waals surface area contributed by atoms with E-state index in [0.29, 0.717) is 43.1 Å². The highest BCUT2D eigenvalue weighted by atomic mass is 19.1. The van der Waals surface area contributed by atoms with Crippen molar-refractivity contribution in [1.29, 1.82) is 0 Å². The van der Waals surface area contributed by atoms with Crippen LogP contribution in [0.3, 0.4) is 0 Å². The smallest absolute Gasteiger partial charge is 0.239 e. The Labute approximate surface area is 364 Å². The number of rotatable bonds is 20. The third-order valence-electron chi connectivity index (χ3n) is 13.0. The van der Waals surface area contributed by atoms with Gasteiger partial charge in [-0.3, -0.25) is 4.79 Å². The zero-order valence-corrected chi connectivity index (χ0v) is 35.7. The molecular formula is C52H59FN2O7. The Hall–Kier alpha value is -5.29. The first-order valence-corrected chi connectivity index (χ1v) is 22.5. The number of hydrogen-bond acceptors (Lipinski definition) is 8. The van der Waals surface area contributed by atoms with Crippen LogP contribution in [-0.4, -0.2) is 65.0 Å². The van der Waals surface area contributed by atoms with E-state index in [1.165, 1.54) is 12.1 Å². The lowest BCUT2D eigenvalue weighted by Crippen LogP contribution is -2.70. The lowest BCUT2D eigenvalue weighted by molar-refractivity contribution is -0.258. The second-order valence-corrected chi connectivity index (χ2v) is 17.0. The van der Waals surface area contributed by atoms with Gasteiger partial charge in [0.25, 0.3) is 0 Å². The molecule has 2 N–H and O–H groups in total. The van der Waals surface area contributed by atoms with Crippen molar-refractivity contribution >= 4 is 11.6 Å². The van der Waals surface area contributed by atoms with Crippen molar-refractivity contribution in [1.82, 2.24) is 4.90 Å². The lowest BCUT2D eigenvalue weighted by Gasteiger charge is -2.60. The van der Waals surface area contributed by atoms with E-state index in [9.17, 15) is 19.4 Å². The first kappa shape index (κ1) is 43.4. The molecule has 0 radical (unpaired) electrons. The molecule has 4 aromatic rings. The maximum atomic E-state index is 14.7. The number of aliphatic hydroxyl groups is 2. The monoisotopic (exact) mass is 842 g/mol. The van der Waals surface area contributed by atoms with E-state index in [1.54, 1.807) is 18.2 Å². The van der Waals surface area contributed by atoms with Gasteiger partial charge in [-0.1, -0.05) is 84.7 Å². The summed E-state index contributed by atoms with van der Waals surface area (Å²) in [6, 6.07) is 30.0. The summed E-state index contributed by atoms with van der Waals surface area (Å²) in [5, 5.41) is 24.7. The minimum absolute atomic E-state index is 0.00857. The number of carbonyl (C=O) groups is 1. The third-order valence-corrected chi connectivity index (χ3v) is 13.0. The lowest BCUT2D eigenvalue weighted by atomic mass is 9.55. The standard InChI is InChI=1S/C52H59FN2O7/c1-3-30-59-52-48(55(51(58)38-18-19-38)34-35-16-22-40(53)23-17-35)33-46(54-60-4-2)44-31-39(14-8-10-28-56)43(15-9-11-29-57)49(50(44)52)45-32-42(26-27-47(45)62-52)61-41-24-20-37(21-25-41)36-12-6-5-7-13-36/h3,5-7,12-13,16-17,20-27,31-32,38-39,43,48-50,56-57H,1,4,8-11,14-15,18-19,28-30,33-34H2,2H3. The maximum Gasteiger partial charge on any atom is 0.239 e. The van der Waals surface area contributed by atoms with Crippen molar-refractivity contribution in [2.24, 2.45) is 28.8 Å². The summed E-state index contributed by atoms with van der Waals surface area (Å²) < 4.78 is 35.4. The van der Waals surface area contributed by atoms with E-state index >= 15 is 0 Å². The average molecular weight is 843 g/mol. The molecule has 2 fully saturated rings. The number of unbranched alkanes of at least 4 members (excludes halogenated alkanes) is 2. The van der Waals surface area contributed by atoms with Crippen molar-refractivity contribution in [2.45, 2.75) is 89.0 Å². The molecule has 4 aromatic carbocycles. The maximum absolute atomic E-state index is 14.7. The molecule has 8 rings (SSSR count). The Morgan fingerprint density at radius 2 is 1.63 bits per heavy atom. The van der Waals surface area contributed by atoms with Gasteiger partial charge in [0, 0.05) is 43.6 Å². The van der Waals surface area contributed by atoms with Crippen LogP contribution >= 0.6 is 0 Å². The first-order valence-electron chi connectivity index (χ1n) is 22.5. The van der Waals surface area contributed by atoms with E-state index in [2.05, 4.69) is 43.0 Å². The Morgan fingerprint density at radius 1 is 0.919 bits per heavy atom. The molecule has 2 saturated carbocycles. The molecule has 0 spiro atoms. The first-order chi connectivity index (χ1) is 30.4. The van der Waals surface area contributed by atoms with Gasteiger partial charge in [0.2, 0.25) is 11.7 Å². The number of amides is 1. The molecule has 0 saturated heterocycles. The zero-order valence-electron chi connectivity index (χ0n) is 35.7. The van der Waals surface area contributed by atoms with E-state index in [-0.39, 0.29) is 61.8 Å². The van der Waals surface area contributed by atoms with Gasteiger partial charge in [-0.05, 0) is 122 Å². The van der Waals surface area contributed by atoms with Crippen LogP contribution in [0, 0.1) is 29.5 Å². The van der Waals surface area contributed by atoms with E-state index < -0.39 is 17.7 Å². The predicted octanol–water partition coefficient (Wildman–Crippen LogP) is 10.4. The Balaban J connectivity index is 1.29. The van der Waals surface area contributed by atoms with Gasteiger partial charge >= 0.3 is 0 Å². The van der Waals surface area contributed by atoms with Crippen LogP contribution in [0.2, 0.25) is 0 Å². The molecule has 9 nitrogen and oxygen atoms in total. The summed E-state index contributed by atoms with van der Waals surface area (Å²) in [6.07, 6.45) is 10.6. The SMILES string of the molecule is C=CCOC12Oc3ccc(Oc4ccc(-c5ccccc5)cc4)cc3C3C(CCCCO)C(CCCCO)C=C(C(=NOCC)CC1N(Cc1ccc(F)cc1)C(=O)C1CC1)C32. The summed E-state index contributed by atoms with van der Waals surface area (Å²) in [6.45, 7) is 6.92. The average Bonchev–Trinajstić information content (AvgIpc) is 4.15. The fraction of sp³-hybridized carbons (Fsp3) is 0.423. The van der Waals surface area contributed by atoms with Crippen LogP contribution in [0.1, 0.15) is 81.8 Å². The van der Waals surface area contributed by atoms with Gasteiger partial charge in [-0.2, -0.15) is 0 Å². The molecule has 3 aliphatic carbocycles. The minimum atomic E-state index is -1.38. The minimum Gasteiger partial charge on any atom is -0.459 e. The molecule has 6 atom stereocenters. The number of hydrogen-bond donors (Lipinski definition) is 2. The Bertz CT molecular complexity index is 2210. The highest BCUT2D eigenvalue weighted by Crippen LogP contribution is 2.62. The van der Waals surface area contributed by atoms with E-state index in [1.807, 2.05) is 54.3 Å². The molecule has 1 aliphatic heterocycles. The number of ether oxygens (including phenoxy) is 3. The molecule has 1 heterocycles. The van der Waals surface area contributed by atoms with E-state index in [4.69, 9.17) is 24.2 Å². The number of aliphatic hydroxyl groups excluding tert-OH is 2. The molecule has 4 aliphatic rings. The number of allylic oxidation sites excluding steroid dienone is 1. The zero-order chi connectivity index (χ0) is 43.1. The number of nitrogens with zero attached hydrogens (tertiary/aromatic N) is 2. The largest absolute Gasteiger partial charge is 0.459 e. The number of benzene rings is 4. The number of halogens is 1. The predicted molar refractivity (Wildman–Crippen MR) is 238 cm³/mol. The van der Waals surface area contributed by atoms with Crippen molar-refractivity contribution in [3.8, 4) is 28.4 Å². The second-order valence-electron chi connectivity index (χ2n) is 17.0. The Morgan fingerprint density at radius 3 is 2.32 bits per heavy atom. The summed E-state index contributed by atoms with van der Waals surface area (Å²) >= 11 is 0. The van der Waals surface area contributed by atoms with E-state index in [0.717, 1.165) is 72.1 Å². The van der Waals surface area contributed by atoms with Gasteiger partial charge in [0.1, 0.15) is 35.7 Å². The van der Waals surface area contributed by atoms with Gasteiger partial charge in [0.15, 0.2) is 0 Å². The molecule has 62 heavy (non-hydrogen) atoms. The highest BCUT2D eigenvalue weighted by molar-refractivity contribution is 6.03. The molecule has 326 valence electrons. The number of fused-ring (bicyclic) bond motifs is 2. The van der Waals surface area contributed by atoms with Crippen molar-refractivity contribution < 1.29 is 38.4 Å². The van der Waals surface area contributed by atoms with Gasteiger partial charge in [-0.15, -0.1) is 6.58 Å². The normalized spacial score (nSPS) is 24.3. The van der Waals surface area contributed by atoms with Gasteiger partial charge < -0.3 is 34.2 Å². The van der Waals surface area contributed by atoms with Gasteiger partial charge in [-0.25, -0.2) is 4.39 Å².